The highest BCUT2D eigenvalue weighted by Crippen LogP contribution is 2.23. The van der Waals surface area contributed by atoms with Crippen LogP contribution in [0.4, 0.5) is 0 Å². The Labute approximate surface area is 126 Å². The molecule has 3 rings (SSSR count). The van der Waals surface area contributed by atoms with Crippen molar-refractivity contribution < 1.29 is 18.4 Å². The van der Waals surface area contributed by atoms with Gasteiger partial charge in [0.15, 0.2) is 6.10 Å². The molecule has 0 radical (unpaired) electrons. The molecule has 112 valence electrons. The maximum absolute atomic E-state index is 11.9. The van der Waals surface area contributed by atoms with Crippen LogP contribution in [-0.4, -0.2) is 16.2 Å². The summed E-state index contributed by atoms with van der Waals surface area (Å²) in [7, 11) is 0. The van der Waals surface area contributed by atoms with Crippen LogP contribution >= 0.6 is 0 Å². The molecular formula is C16H14N2O4. The molecule has 0 aliphatic rings. The summed E-state index contributed by atoms with van der Waals surface area (Å²) in [5.41, 5.74) is 0.807. The highest BCUT2D eigenvalue weighted by Gasteiger charge is 2.21. The standard InChI is InChI=1S/C16H14N2O4/c1-10-8-9-13(20-10)16(19)21-11(2)14-17-18-15(22-14)12-6-4-3-5-7-12/h3-9,11H,1-2H3/t11-/m0/s1. The molecule has 1 aromatic carbocycles. The highest BCUT2D eigenvalue weighted by molar-refractivity contribution is 5.86. The third-order valence-corrected chi connectivity index (χ3v) is 3.03. The quantitative estimate of drug-likeness (QED) is 0.685. The zero-order chi connectivity index (χ0) is 15.5. The van der Waals surface area contributed by atoms with Crippen molar-refractivity contribution in [1.29, 1.82) is 0 Å². The van der Waals surface area contributed by atoms with Crippen molar-refractivity contribution in [2.45, 2.75) is 20.0 Å². The third-order valence-electron chi connectivity index (χ3n) is 3.03. The second-order valence-corrected chi connectivity index (χ2v) is 4.77. The Morgan fingerprint density at radius 3 is 2.55 bits per heavy atom. The second kappa shape index (κ2) is 5.85. The van der Waals surface area contributed by atoms with E-state index in [9.17, 15) is 4.79 Å². The summed E-state index contributed by atoms with van der Waals surface area (Å²) in [4.78, 5) is 11.9. The fourth-order valence-corrected chi connectivity index (χ4v) is 1.91. The first-order valence-corrected chi connectivity index (χ1v) is 6.80. The number of carbonyl (C=O) groups excluding carboxylic acids is 1. The van der Waals surface area contributed by atoms with Gasteiger partial charge < -0.3 is 13.6 Å². The van der Waals surface area contributed by atoms with Crippen molar-refractivity contribution in [3.8, 4) is 11.5 Å². The van der Waals surface area contributed by atoms with Crippen LogP contribution in [0.2, 0.25) is 0 Å². The molecule has 0 saturated carbocycles. The lowest BCUT2D eigenvalue weighted by molar-refractivity contribution is 0.0243. The Morgan fingerprint density at radius 2 is 1.86 bits per heavy atom. The fourth-order valence-electron chi connectivity index (χ4n) is 1.91. The van der Waals surface area contributed by atoms with E-state index >= 15 is 0 Å². The number of benzene rings is 1. The molecular weight excluding hydrogens is 284 g/mol. The van der Waals surface area contributed by atoms with Crippen LogP contribution < -0.4 is 0 Å². The third kappa shape index (κ3) is 2.90. The fraction of sp³-hybridized carbons (Fsp3) is 0.188. The molecule has 22 heavy (non-hydrogen) atoms. The summed E-state index contributed by atoms with van der Waals surface area (Å²) in [5, 5.41) is 7.88. The normalized spacial score (nSPS) is 12.1. The van der Waals surface area contributed by atoms with E-state index in [1.165, 1.54) is 0 Å². The monoisotopic (exact) mass is 298 g/mol. The Bertz CT molecular complexity index is 776. The average molecular weight is 298 g/mol. The number of ether oxygens (including phenoxy) is 1. The zero-order valence-electron chi connectivity index (χ0n) is 12.1. The summed E-state index contributed by atoms with van der Waals surface area (Å²) in [5.74, 6) is 0.832. The van der Waals surface area contributed by atoms with E-state index in [2.05, 4.69) is 10.2 Å². The minimum Gasteiger partial charge on any atom is -0.454 e. The minimum absolute atomic E-state index is 0.146. The van der Waals surface area contributed by atoms with Gasteiger partial charge in [-0.05, 0) is 38.1 Å². The predicted octanol–water partition coefficient (Wildman–Crippen LogP) is 3.56. The number of carbonyl (C=O) groups is 1. The molecule has 0 fully saturated rings. The lowest BCUT2D eigenvalue weighted by atomic mass is 10.2. The number of esters is 1. The number of rotatable bonds is 4. The van der Waals surface area contributed by atoms with Crippen LogP contribution in [0, 0.1) is 6.92 Å². The molecule has 0 unspecified atom stereocenters. The van der Waals surface area contributed by atoms with Gasteiger partial charge in [0.25, 0.3) is 5.89 Å². The Hall–Kier alpha value is -2.89. The number of aromatic nitrogens is 2. The van der Waals surface area contributed by atoms with Gasteiger partial charge in [-0.25, -0.2) is 4.79 Å². The first kappa shape index (κ1) is 14.1. The van der Waals surface area contributed by atoms with Gasteiger partial charge in [-0.1, -0.05) is 18.2 Å². The molecule has 0 bridgehead atoms. The largest absolute Gasteiger partial charge is 0.454 e. The summed E-state index contributed by atoms with van der Waals surface area (Å²) in [6.07, 6.45) is -0.664. The summed E-state index contributed by atoms with van der Waals surface area (Å²) >= 11 is 0. The Balaban J connectivity index is 1.72. The number of nitrogens with zero attached hydrogens (tertiary/aromatic N) is 2. The zero-order valence-corrected chi connectivity index (χ0v) is 12.1. The molecule has 0 aliphatic heterocycles. The summed E-state index contributed by atoms with van der Waals surface area (Å²) < 4.78 is 16.0. The van der Waals surface area contributed by atoms with Crippen LogP contribution in [0.5, 0.6) is 0 Å². The number of aryl methyl sites for hydroxylation is 1. The molecule has 3 aromatic rings. The Morgan fingerprint density at radius 1 is 1.09 bits per heavy atom. The summed E-state index contributed by atoms with van der Waals surface area (Å²) in [6, 6.07) is 12.6. The number of hydrogen-bond acceptors (Lipinski definition) is 6. The molecule has 0 spiro atoms. The average Bonchev–Trinajstić information content (AvgIpc) is 3.17. The van der Waals surface area contributed by atoms with Gasteiger partial charge in [0.2, 0.25) is 11.7 Å². The number of furan rings is 1. The molecule has 6 heteroatoms. The maximum atomic E-state index is 11.9. The van der Waals surface area contributed by atoms with E-state index in [1.54, 1.807) is 26.0 Å². The van der Waals surface area contributed by atoms with E-state index < -0.39 is 12.1 Å². The molecule has 2 aromatic heterocycles. The van der Waals surface area contributed by atoms with Crippen molar-refractivity contribution >= 4 is 5.97 Å². The van der Waals surface area contributed by atoms with E-state index in [0.717, 1.165) is 5.56 Å². The van der Waals surface area contributed by atoms with Gasteiger partial charge >= 0.3 is 5.97 Å². The second-order valence-electron chi connectivity index (χ2n) is 4.77. The van der Waals surface area contributed by atoms with E-state index in [1.807, 2.05) is 30.3 Å². The predicted molar refractivity (Wildman–Crippen MR) is 77.0 cm³/mol. The lowest BCUT2D eigenvalue weighted by Crippen LogP contribution is -2.08. The molecule has 2 heterocycles. The van der Waals surface area contributed by atoms with Crippen LogP contribution in [0.1, 0.15) is 35.2 Å². The maximum Gasteiger partial charge on any atom is 0.375 e. The lowest BCUT2D eigenvalue weighted by Gasteiger charge is -2.07. The molecule has 1 atom stereocenters. The van der Waals surface area contributed by atoms with Gasteiger partial charge in [-0.3, -0.25) is 0 Å². The first-order valence-electron chi connectivity index (χ1n) is 6.80. The van der Waals surface area contributed by atoms with Crippen LogP contribution in [0.3, 0.4) is 0 Å². The molecule has 0 saturated heterocycles. The molecule has 0 N–H and O–H groups in total. The first-order chi connectivity index (χ1) is 10.6. The minimum atomic E-state index is -0.664. The van der Waals surface area contributed by atoms with Crippen molar-refractivity contribution in [3.63, 3.8) is 0 Å². The van der Waals surface area contributed by atoms with Crippen LogP contribution in [0.15, 0.2) is 51.3 Å². The van der Waals surface area contributed by atoms with Crippen molar-refractivity contribution in [3.05, 3.63) is 59.9 Å². The van der Waals surface area contributed by atoms with Crippen molar-refractivity contribution in [2.24, 2.45) is 0 Å². The van der Waals surface area contributed by atoms with Gasteiger partial charge in [-0.2, -0.15) is 0 Å². The van der Waals surface area contributed by atoms with Crippen LogP contribution in [-0.2, 0) is 4.74 Å². The smallest absolute Gasteiger partial charge is 0.375 e. The number of hydrogen-bond donors (Lipinski definition) is 0. The highest BCUT2D eigenvalue weighted by atomic mass is 16.6. The van der Waals surface area contributed by atoms with E-state index in [-0.39, 0.29) is 11.7 Å². The Kier molecular flexibility index (Phi) is 3.74. The van der Waals surface area contributed by atoms with Crippen molar-refractivity contribution in [2.75, 3.05) is 0 Å². The van der Waals surface area contributed by atoms with E-state index in [0.29, 0.717) is 11.7 Å². The van der Waals surface area contributed by atoms with Gasteiger partial charge in [0.1, 0.15) is 5.76 Å². The topological polar surface area (TPSA) is 78.4 Å². The SMILES string of the molecule is Cc1ccc(C(=O)O[C@@H](C)c2nnc(-c3ccccc3)o2)o1. The van der Waals surface area contributed by atoms with Gasteiger partial charge in [0, 0.05) is 5.56 Å². The van der Waals surface area contributed by atoms with Gasteiger partial charge in [0.05, 0.1) is 0 Å². The van der Waals surface area contributed by atoms with Crippen molar-refractivity contribution in [1.82, 2.24) is 10.2 Å². The van der Waals surface area contributed by atoms with Crippen LogP contribution in [0.25, 0.3) is 11.5 Å². The van der Waals surface area contributed by atoms with Gasteiger partial charge in [-0.15, -0.1) is 10.2 Å². The summed E-state index contributed by atoms with van der Waals surface area (Å²) in [6.45, 7) is 3.42. The molecule has 6 nitrogen and oxygen atoms in total. The molecule has 0 aliphatic carbocycles. The van der Waals surface area contributed by atoms with E-state index in [4.69, 9.17) is 13.6 Å². The molecule has 0 amide bonds.